The fourth-order valence-corrected chi connectivity index (χ4v) is 5.04. The van der Waals surface area contributed by atoms with Gasteiger partial charge in [-0.25, -0.2) is 9.97 Å². The molecule has 4 heterocycles. The lowest BCUT2D eigenvalue weighted by Crippen LogP contribution is -2.20. The van der Waals surface area contributed by atoms with Gasteiger partial charge < -0.3 is 19.6 Å². The van der Waals surface area contributed by atoms with Crippen LogP contribution in [0.5, 0.6) is 5.88 Å². The van der Waals surface area contributed by atoms with Crippen molar-refractivity contribution in [2.45, 2.75) is 26.4 Å². The molecule has 0 bridgehead atoms. The lowest BCUT2D eigenvalue weighted by molar-refractivity contribution is -0.116. The topological polar surface area (TPSA) is 97.2 Å². The van der Waals surface area contributed by atoms with Gasteiger partial charge >= 0.3 is 0 Å². The van der Waals surface area contributed by atoms with Gasteiger partial charge in [-0.15, -0.1) is 0 Å². The van der Waals surface area contributed by atoms with Gasteiger partial charge in [0, 0.05) is 31.0 Å². The molecule has 0 fully saturated rings. The van der Waals surface area contributed by atoms with E-state index >= 15 is 0 Å². The number of amides is 1. The van der Waals surface area contributed by atoms with Crippen LogP contribution < -0.4 is 20.8 Å². The minimum Gasteiger partial charge on any atom is -0.439 e. The Morgan fingerprint density at radius 1 is 1.21 bits per heavy atom. The molecule has 2 aromatic rings. The van der Waals surface area contributed by atoms with Gasteiger partial charge in [-0.3, -0.25) is 9.79 Å². The number of aromatic amines is 1. The first-order valence-electron chi connectivity index (χ1n) is 12.8. The molecule has 0 atom stereocenters. The third-order valence-electron chi connectivity index (χ3n) is 7.02. The van der Waals surface area contributed by atoms with Gasteiger partial charge in [0.2, 0.25) is 11.8 Å². The Morgan fingerprint density at radius 2 is 2.05 bits per heavy atom. The first-order chi connectivity index (χ1) is 19.0. The molecule has 4 aliphatic rings. The van der Waals surface area contributed by atoms with E-state index in [-0.39, 0.29) is 5.91 Å². The van der Waals surface area contributed by atoms with Gasteiger partial charge in [0.15, 0.2) is 0 Å². The summed E-state index contributed by atoms with van der Waals surface area (Å²) in [6, 6.07) is 16.1. The zero-order chi connectivity index (χ0) is 26.9. The zero-order valence-corrected chi connectivity index (χ0v) is 21.9. The number of rotatable bonds is 6. The van der Waals surface area contributed by atoms with Crippen LogP contribution in [-0.4, -0.2) is 25.4 Å². The molecule has 8 heteroatoms. The lowest BCUT2D eigenvalue weighted by atomic mass is 9.97. The number of aromatic nitrogens is 4. The maximum atomic E-state index is 11.6. The Kier molecular flexibility index (Phi) is 6.28. The van der Waals surface area contributed by atoms with Gasteiger partial charge in [-0.1, -0.05) is 36.9 Å². The number of H-pyrrole nitrogens is 1. The van der Waals surface area contributed by atoms with E-state index in [0.29, 0.717) is 25.4 Å². The Bertz CT molecular complexity index is 1900. The van der Waals surface area contributed by atoms with Crippen molar-refractivity contribution in [1.29, 1.82) is 0 Å². The maximum absolute atomic E-state index is 11.6. The minimum atomic E-state index is -0.195. The Balaban J connectivity index is 1.53. The number of benzene rings is 1. The predicted octanol–water partition coefficient (Wildman–Crippen LogP) is 3.20. The molecule has 6 rings (SSSR count). The second-order valence-corrected chi connectivity index (χ2v) is 9.56. The summed E-state index contributed by atoms with van der Waals surface area (Å²) in [5, 5.41) is 4.93. The Morgan fingerprint density at radius 3 is 2.85 bits per heavy atom. The molecule has 0 radical (unpaired) electrons. The van der Waals surface area contributed by atoms with Crippen molar-refractivity contribution in [3.8, 4) is 17.1 Å². The zero-order valence-electron chi connectivity index (χ0n) is 21.9. The van der Waals surface area contributed by atoms with E-state index in [1.165, 1.54) is 17.2 Å². The number of ether oxygens (including phenoxy) is 1. The number of pyridine rings is 1. The van der Waals surface area contributed by atoms with Gasteiger partial charge in [-0.2, -0.15) is 0 Å². The SMILES string of the molecule is C=CC(=O)NCc1ccc(-c2cc3c(c4c5c([nH]cnc=5n2C)=NC4)CC=C(Oc2cccc(C)n2)C=3)cc1. The van der Waals surface area contributed by atoms with Crippen molar-refractivity contribution >= 4 is 12.0 Å². The normalized spacial score (nSPS) is 13.0. The fraction of sp³-hybridized carbons (Fsp3) is 0.161. The highest BCUT2D eigenvalue weighted by atomic mass is 16.5. The molecular formula is C31H28N6O2. The molecule has 1 amide bonds. The average molecular weight is 517 g/mol. The number of aryl methyl sites for hydroxylation is 1. The van der Waals surface area contributed by atoms with E-state index in [1.54, 1.807) is 6.33 Å². The highest BCUT2D eigenvalue weighted by Crippen LogP contribution is 2.22. The smallest absolute Gasteiger partial charge is 0.243 e. The maximum Gasteiger partial charge on any atom is 0.243 e. The number of carbonyl (C=O) groups is 1. The van der Waals surface area contributed by atoms with Crippen LogP contribution in [0.4, 0.5) is 0 Å². The monoisotopic (exact) mass is 516 g/mol. The molecule has 0 unspecified atom stereocenters. The number of nitrogens with one attached hydrogen (secondary N) is 2. The van der Waals surface area contributed by atoms with Crippen molar-refractivity contribution in [2.24, 2.45) is 12.0 Å². The molecule has 1 aromatic carbocycles. The second-order valence-electron chi connectivity index (χ2n) is 9.56. The molecule has 0 spiro atoms. The summed E-state index contributed by atoms with van der Waals surface area (Å²) in [7, 11) is 2.03. The number of hydrogen-bond acceptors (Lipinski definition) is 5. The Labute approximate surface area is 225 Å². The number of fused-ring (bicyclic) bond motifs is 2. The molecule has 3 aliphatic heterocycles. The summed E-state index contributed by atoms with van der Waals surface area (Å²) in [5.41, 5.74) is 8.00. The Hall–Kier alpha value is -4.98. The van der Waals surface area contributed by atoms with Crippen LogP contribution in [-0.2, 0) is 31.4 Å². The summed E-state index contributed by atoms with van der Waals surface area (Å²) >= 11 is 0. The number of carbonyl (C=O) groups excluding carboxylic acids is 1. The van der Waals surface area contributed by atoms with E-state index in [1.807, 2.05) is 44.3 Å². The minimum absolute atomic E-state index is 0.195. The van der Waals surface area contributed by atoms with Crippen LogP contribution in [0.1, 0.15) is 22.4 Å². The summed E-state index contributed by atoms with van der Waals surface area (Å²) < 4.78 is 8.28. The number of allylic oxidation sites excluding steroid dienone is 2. The largest absolute Gasteiger partial charge is 0.439 e. The van der Waals surface area contributed by atoms with Crippen molar-refractivity contribution in [3.63, 3.8) is 0 Å². The first kappa shape index (κ1) is 24.4. The van der Waals surface area contributed by atoms with Crippen LogP contribution in [0.3, 0.4) is 0 Å². The molecule has 2 N–H and O–H groups in total. The van der Waals surface area contributed by atoms with E-state index in [9.17, 15) is 4.79 Å². The third kappa shape index (κ3) is 4.72. The molecule has 39 heavy (non-hydrogen) atoms. The van der Waals surface area contributed by atoms with Crippen molar-refractivity contribution in [2.75, 3.05) is 0 Å². The second kappa shape index (κ2) is 10.1. The van der Waals surface area contributed by atoms with E-state index in [4.69, 9.17) is 14.7 Å². The molecule has 0 saturated heterocycles. The summed E-state index contributed by atoms with van der Waals surface area (Å²) in [4.78, 5) is 28.8. The quantitative estimate of drug-likeness (QED) is 0.385. The highest BCUT2D eigenvalue weighted by molar-refractivity contribution is 5.86. The van der Waals surface area contributed by atoms with Crippen molar-refractivity contribution < 1.29 is 9.53 Å². The van der Waals surface area contributed by atoms with Crippen molar-refractivity contribution in [1.82, 2.24) is 24.8 Å². The van der Waals surface area contributed by atoms with E-state index in [0.717, 1.165) is 49.7 Å². The van der Waals surface area contributed by atoms with Crippen LogP contribution in [0.15, 0.2) is 84.3 Å². The first-order valence-corrected chi connectivity index (χ1v) is 12.8. The van der Waals surface area contributed by atoms with E-state index < -0.39 is 0 Å². The average Bonchev–Trinajstić information content (AvgIpc) is 3.38. The van der Waals surface area contributed by atoms with Gasteiger partial charge in [-0.05, 0) is 71.2 Å². The van der Waals surface area contributed by atoms with Crippen LogP contribution in [0.25, 0.3) is 17.3 Å². The molecule has 1 aromatic heterocycles. The summed E-state index contributed by atoms with van der Waals surface area (Å²) in [6.07, 6.45) is 7.85. The van der Waals surface area contributed by atoms with Gasteiger partial charge in [0.25, 0.3) is 0 Å². The molecule has 1 aliphatic carbocycles. The standard InChI is InChI=1S/C31H28N6O2/c1-4-27(38)32-16-20-8-10-21(11-9-20)26-15-22-14-23(39-28-7-5-6-19(2)36-28)12-13-24(22)25-17-33-30-29(25)31(37(26)3)35-18-34-30/h4-12,14-15,18H,1,13,16-17H2,2-3H3,(H,32,38)(H,33,34,35). The summed E-state index contributed by atoms with van der Waals surface area (Å²) in [6.45, 7) is 6.49. The summed E-state index contributed by atoms with van der Waals surface area (Å²) in [5.74, 6) is 1.13. The lowest BCUT2D eigenvalue weighted by Gasteiger charge is -2.16. The van der Waals surface area contributed by atoms with Gasteiger partial charge in [0.1, 0.15) is 16.7 Å². The third-order valence-corrected chi connectivity index (χ3v) is 7.02. The van der Waals surface area contributed by atoms with Crippen LogP contribution in [0.2, 0.25) is 0 Å². The number of nitrogens with zero attached hydrogens (tertiary/aromatic N) is 4. The molecule has 8 nitrogen and oxygen atoms in total. The van der Waals surface area contributed by atoms with Crippen molar-refractivity contribution in [3.05, 3.63) is 123 Å². The highest BCUT2D eigenvalue weighted by Gasteiger charge is 2.17. The van der Waals surface area contributed by atoms with Crippen LogP contribution >= 0.6 is 0 Å². The van der Waals surface area contributed by atoms with Gasteiger partial charge in [0.05, 0.1) is 18.1 Å². The molecular weight excluding hydrogens is 488 g/mol. The van der Waals surface area contributed by atoms with Crippen LogP contribution in [0, 0.1) is 17.6 Å². The molecule has 0 saturated carbocycles. The predicted molar refractivity (Wildman–Crippen MR) is 148 cm³/mol. The fourth-order valence-electron chi connectivity index (χ4n) is 5.04. The molecule has 194 valence electrons. The number of hydrogen-bond donors (Lipinski definition) is 2. The van der Waals surface area contributed by atoms with E-state index in [2.05, 4.69) is 56.8 Å².